The van der Waals surface area contributed by atoms with Crippen LogP contribution in [0.25, 0.3) is 6.08 Å². The minimum Gasteiger partial charge on any atom is -0.478 e. The summed E-state index contributed by atoms with van der Waals surface area (Å²) in [6.07, 6.45) is 0.551. The molecular formula is C14H13F2N3O5. The van der Waals surface area contributed by atoms with Crippen LogP contribution in [0.2, 0.25) is 0 Å². The Bertz CT molecular complexity index is 800. The van der Waals surface area contributed by atoms with Crippen LogP contribution in [0.4, 0.5) is 14.6 Å². The molecule has 1 aliphatic heterocycles. The van der Waals surface area contributed by atoms with Gasteiger partial charge in [0.2, 0.25) is 0 Å². The average Bonchev–Trinajstić information content (AvgIpc) is 2.91. The Kier molecular flexibility index (Phi) is 5.21. The Balaban J connectivity index is 2.54. The van der Waals surface area contributed by atoms with E-state index in [0.717, 1.165) is 22.9 Å². The van der Waals surface area contributed by atoms with Crippen molar-refractivity contribution in [2.24, 2.45) is 0 Å². The second-order valence-electron chi connectivity index (χ2n) is 4.73. The summed E-state index contributed by atoms with van der Waals surface area (Å²) in [4.78, 5) is 26.1. The van der Waals surface area contributed by atoms with Crippen LogP contribution in [0.1, 0.15) is 11.8 Å². The smallest absolute Gasteiger partial charge is 0.351 e. The molecule has 2 atom stereocenters. The molecular weight excluding hydrogens is 328 g/mol. The number of hydrogen-bond donors (Lipinski definition) is 3. The molecule has 1 aromatic rings. The fourth-order valence-electron chi connectivity index (χ4n) is 2.19. The van der Waals surface area contributed by atoms with Crippen LogP contribution in [0, 0.1) is 0 Å². The van der Waals surface area contributed by atoms with E-state index in [1.54, 1.807) is 0 Å². The lowest BCUT2D eigenvalue weighted by molar-refractivity contribution is -0.131. The van der Waals surface area contributed by atoms with Gasteiger partial charge in [-0.2, -0.15) is 4.98 Å². The van der Waals surface area contributed by atoms with Gasteiger partial charge < -0.3 is 20.7 Å². The highest BCUT2D eigenvalue weighted by Gasteiger charge is 2.37. The van der Waals surface area contributed by atoms with E-state index in [1.807, 2.05) is 0 Å². The van der Waals surface area contributed by atoms with E-state index in [1.165, 1.54) is 0 Å². The normalized spacial score (nSPS) is 24.3. The number of halogens is 2. The Morgan fingerprint density at radius 1 is 1.42 bits per heavy atom. The van der Waals surface area contributed by atoms with Crippen molar-refractivity contribution in [2.45, 2.75) is 12.3 Å². The summed E-state index contributed by atoms with van der Waals surface area (Å²) < 4.78 is 32.2. The number of carbonyl (C=O) groups is 1. The fraction of sp³-hybridized carbons (Fsp3) is 0.214. The summed E-state index contributed by atoms with van der Waals surface area (Å²) in [5.41, 5.74) is 4.13. The van der Waals surface area contributed by atoms with Crippen molar-refractivity contribution < 1.29 is 28.5 Å². The number of aliphatic carboxylic acids is 1. The van der Waals surface area contributed by atoms with Crippen LogP contribution >= 0.6 is 0 Å². The fourth-order valence-corrected chi connectivity index (χ4v) is 2.19. The number of aliphatic hydroxyl groups is 1. The van der Waals surface area contributed by atoms with Crippen LogP contribution < -0.4 is 11.4 Å². The molecule has 0 aromatic carbocycles. The van der Waals surface area contributed by atoms with Gasteiger partial charge in [-0.05, 0) is 6.08 Å². The standard InChI is InChI=1S/C14H13F2N3O5/c15-3-8-9(4-16)13(24-10(8)6-20)19-5-7(1-2-11(21)22)12(17)18-14(19)23/h1-5,10,13,20H,6H2,(H,21,22)(H2,17,18,23)/b2-1+,8-3+,9-4+. The predicted octanol–water partition coefficient (Wildman–Crippen LogP) is 0.520. The second kappa shape index (κ2) is 7.15. The third-order valence-corrected chi connectivity index (χ3v) is 3.31. The highest BCUT2D eigenvalue weighted by atomic mass is 19.1. The highest BCUT2D eigenvalue weighted by Crippen LogP contribution is 2.38. The van der Waals surface area contributed by atoms with Gasteiger partial charge in [0.25, 0.3) is 0 Å². The van der Waals surface area contributed by atoms with Gasteiger partial charge in [0.1, 0.15) is 11.9 Å². The molecule has 1 aliphatic rings. The molecule has 0 amide bonds. The number of anilines is 1. The van der Waals surface area contributed by atoms with Gasteiger partial charge in [-0.1, -0.05) is 0 Å². The van der Waals surface area contributed by atoms with Gasteiger partial charge in [0.15, 0.2) is 6.23 Å². The number of carboxylic acids is 1. The molecule has 8 nitrogen and oxygen atoms in total. The first-order chi connectivity index (χ1) is 11.4. The van der Waals surface area contributed by atoms with Gasteiger partial charge in [0, 0.05) is 29.0 Å². The van der Waals surface area contributed by atoms with E-state index in [9.17, 15) is 23.5 Å². The summed E-state index contributed by atoms with van der Waals surface area (Å²) in [6.45, 7) is -0.632. The Hall–Kier alpha value is -2.85. The van der Waals surface area contributed by atoms with Crippen molar-refractivity contribution in [3.05, 3.63) is 52.1 Å². The molecule has 1 saturated heterocycles. The molecule has 0 aliphatic carbocycles. The molecule has 2 unspecified atom stereocenters. The molecule has 0 radical (unpaired) electrons. The molecule has 4 N–H and O–H groups in total. The highest BCUT2D eigenvalue weighted by molar-refractivity contribution is 5.86. The maximum Gasteiger partial charge on any atom is 0.351 e. The molecule has 128 valence electrons. The largest absolute Gasteiger partial charge is 0.478 e. The number of rotatable bonds is 4. The van der Waals surface area contributed by atoms with Gasteiger partial charge in [-0.25, -0.2) is 18.4 Å². The number of aliphatic hydroxyl groups excluding tert-OH is 1. The predicted molar refractivity (Wildman–Crippen MR) is 79.0 cm³/mol. The summed E-state index contributed by atoms with van der Waals surface area (Å²) in [5.74, 6) is -1.49. The number of nitrogens with zero attached hydrogens (tertiary/aromatic N) is 2. The van der Waals surface area contributed by atoms with Crippen LogP contribution in [0.15, 0.2) is 40.9 Å². The van der Waals surface area contributed by atoms with Crippen molar-refractivity contribution in [2.75, 3.05) is 12.3 Å². The number of nitrogen functional groups attached to an aromatic ring is 1. The van der Waals surface area contributed by atoms with Crippen LogP contribution in [-0.4, -0.2) is 38.4 Å². The molecule has 1 fully saturated rings. The third-order valence-electron chi connectivity index (χ3n) is 3.31. The summed E-state index contributed by atoms with van der Waals surface area (Å²) in [5, 5.41) is 17.8. The number of aromatic nitrogens is 2. The van der Waals surface area contributed by atoms with Crippen LogP contribution in [-0.2, 0) is 9.53 Å². The van der Waals surface area contributed by atoms with Crippen molar-refractivity contribution in [3.63, 3.8) is 0 Å². The number of ether oxygens (including phenoxy) is 1. The van der Waals surface area contributed by atoms with E-state index in [2.05, 4.69) is 4.98 Å². The van der Waals surface area contributed by atoms with Crippen LogP contribution in [0.3, 0.4) is 0 Å². The third kappa shape index (κ3) is 3.24. The topological polar surface area (TPSA) is 128 Å². The molecule has 1 aromatic heterocycles. The number of hydrogen-bond acceptors (Lipinski definition) is 6. The quantitative estimate of drug-likeness (QED) is 0.681. The summed E-state index contributed by atoms with van der Waals surface area (Å²) in [7, 11) is 0. The van der Waals surface area contributed by atoms with Crippen molar-refractivity contribution in [3.8, 4) is 0 Å². The maximum atomic E-state index is 13.2. The molecule has 0 spiro atoms. The van der Waals surface area contributed by atoms with E-state index >= 15 is 0 Å². The minimum atomic E-state index is -1.38. The summed E-state index contributed by atoms with van der Waals surface area (Å²) in [6, 6.07) is 0. The minimum absolute atomic E-state index is 0.0568. The number of carboxylic acid groups (broad SMARTS) is 1. The first-order valence-electron chi connectivity index (χ1n) is 6.59. The molecule has 2 heterocycles. The van der Waals surface area contributed by atoms with E-state index < -0.39 is 30.6 Å². The van der Waals surface area contributed by atoms with Gasteiger partial charge >= 0.3 is 11.7 Å². The summed E-state index contributed by atoms with van der Waals surface area (Å²) >= 11 is 0. The van der Waals surface area contributed by atoms with E-state index in [0.29, 0.717) is 0 Å². The zero-order chi connectivity index (χ0) is 17.9. The first kappa shape index (κ1) is 17.5. The number of nitrogens with two attached hydrogens (primary N) is 1. The monoisotopic (exact) mass is 341 g/mol. The van der Waals surface area contributed by atoms with Gasteiger partial charge in [-0.15, -0.1) is 0 Å². The van der Waals surface area contributed by atoms with Crippen molar-refractivity contribution in [1.82, 2.24) is 9.55 Å². The Labute approximate surface area is 133 Å². The maximum absolute atomic E-state index is 13.2. The molecule has 24 heavy (non-hydrogen) atoms. The molecule has 10 heteroatoms. The lowest BCUT2D eigenvalue weighted by atomic mass is 10.1. The average molecular weight is 341 g/mol. The van der Waals surface area contributed by atoms with Crippen LogP contribution in [0.5, 0.6) is 0 Å². The Morgan fingerprint density at radius 3 is 2.62 bits per heavy atom. The van der Waals surface area contributed by atoms with E-state index in [-0.39, 0.29) is 35.2 Å². The molecule has 2 rings (SSSR count). The van der Waals surface area contributed by atoms with Gasteiger partial charge in [-0.3, -0.25) is 4.57 Å². The van der Waals surface area contributed by atoms with E-state index in [4.69, 9.17) is 15.6 Å². The lowest BCUT2D eigenvalue weighted by Gasteiger charge is -2.15. The zero-order valence-electron chi connectivity index (χ0n) is 12.1. The molecule has 0 bridgehead atoms. The Morgan fingerprint density at radius 2 is 2.08 bits per heavy atom. The zero-order valence-corrected chi connectivity index (χ0v) is 12.1. The van der Waals surface area contributed by atoms with Crippen molar-refractivity contribution in [1.29, 1.82) is 0 Å². The second-order valence-corrected chi connectivity index (χ2v) is 4.73. The first-order valence-corrected chi connectivity index (χ1v) is 6.59. The van der Waals surface area contributed by atoms with Gasteiger partial charge in [0.05, 0.1) is 19.3 Å². The molecule has 0 saturated carbocycles. The lowest BCUT2D eigenvalue weighted by Crippen LogP contribution is -2.29. The van der Waals surface area contributed by atoms with Crippen molar-refractivity contribution >= 4 is 17.9 Å². The SMILES string of the molecule is Nc1nc(=O)n(C2OC(CO)C(=C/F)/C2=C\F)cc1/C=C/C(=O)O.